The van der Waals surface area contributed by atoms with Crippen LogP contribution in [-0.2, 0) is 13.1 Å². The highest BCUT2D eigenvalue weighted by atomic mass is 15.5. The second-order valence-electron chi connectivity index (χ2n) is 6.27. The first kappa shape index (κ1) is 14.4. The summed E-state index contributed by atoms with van der Waals surface area (Å²) < 4.78 is 1.97. The molecule has 1 aromatic rings. The average Bonchev–Trinajstić information content (AvgIpc) is 2.83. The summed E-state index contributed by atoms with van der Waals surface area (Å²) in [6, 6.07) is 0.463. The molecule has 0 saturated heterocycles. The summed E-state index contributed by atoms with van der Waals surface area (Å²) in [6.45, 7) is 8.36. The lowest BCUT2D eigenvalue weighted by atomic mass is 9.81. The summed E-state index contributed by atoms with van der Waals surface area (Å²) in [6.07, 6.45) is 6.75. The van der Waals surface area contributed by atoms with Gasteiger partial charge in [0.25, 0.3) is 0 Å². The van der Waals surface area contributed by atoms with Crippen LogP contribution in [0, 0.1) is 11.8 Å². The fraction of sp³-hybridized carbons (Fsp3) is 0.929. The third-order valence-electron chi connectivity index (χ3n) is 4.16. The van der Waals surface area contributed by atoms with Crippen molar-refractivity contribution in [2.75, 3.05) is 0 Å². The topological polar surface area (TPSA) is 55.6 Å². The lowest BCUT2D eigenvalue weighted by molar-refractivity contribution is 0.264. The summed E-state index contributed by atoms with van der Waals surface area (Å²) in [5.41, 5.74) is 0. The van der Waals surface area contributed by atoms with Gasteiger partial charge in [-0.25, -0.2) is 4.68 Å². The Hall–Kier alpha value is -0.970. The lowest BCUT2D eigenvalue weighted by Gasteiger charge is -2.26. The van der Waals surface area contributed by atoms with Gasteiger partial charge in [0.2, 0.25) is 0 Å². The van der Waals surface area contributed by atoms with Gasteiger partial charge in [0.05, 0.1) is 6.54 Å². The van der Waals surface area contributed by atoms with Crippen molar-refractivity contribution in [3.05, 3.63) is 5.82 Å². The number of rotatable bonds is 6. The van der Waals surface area contributed by atoms with Gasteiger partial charge in [-0.15, -0.1) is 5.10 Å². The number of nitrogens with one attached hydrogen (secondary N) is 1. The number of aryl methyl sites for hydroxylation is 1. The molecule has 19 heavy (non-hydrogen) atoms. The minimum absolute atomic E-state index is 0.463. The largest absolute Gasteiger partial charge is 0.308 e. The first-order chi connectivity index (χ1) is 9.15. The van der Waals surface area contributed by atoms with Gasteiger partial charge in [0, 0.05) is 12.6 Å². The molecule has 5 nitrogen and oxygen atoms in total. The van der Waals surface area contributed by atoms with Gasteiger partial charge in [-0.1, -0.05) is 46.5 Å². The monoisotopic (exact) mass is 265 g/mol. The molecule has 108 valence electrons. The van der Waals surface area contributed by atoms with E-state index in [9.17, 15) is 0 Å². The quantitative estimate of drug-likeness (QED) is 0.858. The minimum Gasteiger partial charge on any atom is -0.308 e. The molecule has 2 rings (SSSR count). The zero-order valence-electron chi connectivity index (χ0n) is 12.5. The first-order valence-corrected chi connectivity index (χ1v) is 7.63. The highest BCUT2D eigenvalue weighted by Crippen LogP contribution is 2.30. The number of nitrogens with zero attached hydrogens (tertiary/aromatic N) is 4. The molecule has 0 bridgehead atoms. The van der Waals surface area contributed by atoms with Crippen LogP contribution >= 0.6 is 0 Å². The van der Waals surface area contributed by atoms with E-state index in [0.29, 0.717) is 6.04 Å². The van der Waals surface area contributed by atoms with E-state index in [0.717, 1.165) is 30.7 Å². The summed E-state index contributed by atoms with van der Waals surface area (Å²) >= 11 is 0. The maximum atomic E-state index is 4.11. The average molecular weight is 265 g/mol. The molecule has 0 amide bonds. The van der Waals surface area contributed by atoms with Crippen molar-refractivity contribution < 1.29 is 0 Å². The van der Waals surface area contributed by atoms with Crippen LogP contribution in [0.1, 0.15) is 58.7 Å². The van der Waals surface area contributed by atoms with E-state index in [2.05, 4.69) is 41.6 Å². The Morgan fingerprint density at radius 2 is 2.00 bits per heavy atom. The molecule has 1 saturated carbocycles. The molecule has 0 aliphatic heterocycles. The molecule has 1 N–H and O–H groups in total. The van der Waals surface area contributed by atoms with Crippen LogP contribution in [0.2, 0.25) is 0 Å². The zero-order valence-corrected chi connectivity index (χ0v) is 12.5. The smallest absolute Gasteiger partial charge is 0.165 e. The van der Waals surface area contributed by atoms with E-state index < -0.39 is 0 Å². The molecule has 5 heteroatoms. The Balaban J connectivity index is 1.78. The standard InChI is InChI=1S/C14H27N5/c1-11(2)15-10-14-16-17-18-19(14)9-8-13-6-4-12(3)5-7-13/h11-13,15H,4-10H2,1-3H3. The van der Waals surface area contributed by atoms with E-state index >= 15 is 0 Å². The normalized spacial score (nSPS) is 24.0. The fourth-order valence-electron chi connectivity index (χ4n) is 2.74. The maximum absolute atomic E-state index is 4.11. The molecule has 0 aromatic carbocycles. The first-order valence-electron chi connectivity index (χ1n) is 7.63. The van der Waals surface area contributed by atoms with Crippen molar-refractivity contribution in [3.8, 4) is 0 Å². The number of aromatic nitrogens is 4. The highest BCUT2D eigenvalue weighted by molar-refractivity contribution is 4.81. The van der Waals surface area contributed by atoms with Crippen LogP contribution < -0.4 is 5.32 Å². The molecular formula is C14H27N5. The van der Waals surface area contributed by atoms with Crippen molar-refractivity contribution in [2.45, 2.75) is 72.0 Å². The van der Waals surface area contributed by atoms with Crippen molar-refractivity contribution in [3.63, 3.8) is 0 Å². The van der Waals surface area contributed by atoms with Crippen molar-refractivity contribution in [2.24, 2.45) is 11.8 Å². The van der Waals surface area contributed by atoms with Crippen LogP contribution in [-0.4, -0.2) is 26.2 Å². The van der Waals surface area contributed by atoms with Gasteiger partial charge in [-0.05, 0) is 28.7 Å². The molecule has 1 aromatic heterocycles. The Kier molecular flexibility index (Phi) is 5.31. The fourth-order valence-corrected chi connectivity index (χ4v) is 2.74. The number of hydrogen-bond donors (Lipinski definition) is 1. The molecule has 0 spiro atoms. The van der Waals surface area contributed by atoms with Gasteiger partial charge in [-0.3, -0.25) is 0 Å². The SMILES string of the molecule is CC1CCC(CCn2nnnc2CNC(C)C)CC1. The van der Waals surface area contributed by atoms with Crippen molar-refractivity contribution >= 4 is 0 Å². The van der Waals surface area contributed by atoms with Gasteiger partial charge in [-0.2, -0.15) is 0 Å². The zero-order chi connectivity index (χ0) is 13.7. The number of tetrazole rings is 1. The van der Waals surface area contributed by atoms with Crippen LogP contribution in [0.15, 0.2) is 0 Å². The maximum Gasteiger partial charge on any atom is 0.165 e. The van der Waals surface area contributed by atoms with E-state index in [1.165, 1.54) is 32.1 Å². The Morgan fingerprint density at radius 3 is 2.68 bits per heavy atom. The summed E-state index contributed by atoms with van der Waals surface area (Å²) in [7, 11) is 0. The Morgan fingerprint density at radius 1 is 1.26 bits per heavy atom. The van der Waals surface area contributed by atoms with E-state index in [4.69, 9.17) is 0 Å². The van der Waals surface area contributed by atoms with Gasteiger partial charge >= 0.3 is 0 Å². The van der Waals surface area contributed by atoms with Crippen LogP contribution in [0.25, 0.3) is 0 Å². The predicted molar refractivity (Wildman–Crippen MR) is 75.5 cm³/mol. The van der Waals surface area contributed by atoms with Crippen LogP contribution in [0.5, 0.6) is 0 Å². The molecule has 0 unspecified atom stereocenters. The lowest BCUT2D eigenvalue weighted by Crippen LogP contribution is -2.24. The molecule has 1 heterocycles. The van der Waals surface area contributed by atoms with E-state index in [1.54, 1.807) is 0 Å². The summed E-state index contributed by atoms with van der Waals surface area (Å²) in [4.78, 5) is 0. The summed E-state index contributed by atoms with van der Waals surface area (Å²) in [5.74, 6) is 2.75. The van der Waals surface area contributed by atoms with E-state index in [1.807, 2.05) is 4.68 Å². The molecule has 0 atom stereocenters. The van der Waals surface area contributed by atoms with Crippen LogP contribution in [0.3, 0.4) is 0 Å². The van der Waals surface area contributed by atoms with Crippen LogP contribution in [0.4, 0.5) is 0 Å². The van der Waals surface area contributed by atoms with Gasteiger partial charge < -0.3 is 5.32 Å². The molecule has 0 radical (unpaired) electrons. The Labute approximate surface area is 116 Å². The van der Waals surface area contributed by atoms with E-state index in [-0.39, 0.29) is 0 Å². The van der Waals surface area contributed by atoms with Gasteiger partial charge in [0.1, 0.15) is 0 Å². The summed E-state index contributed by atoms with van der Waals surface area (Å²) in [5, 5.41) is 15.4. The number of hydrogen-bond acceptors (Lipinski definition) is 4. The predicted octanol–water partition coefficient (Wildman–Crippen LogP) is 2.39. The molecular weight excluding hydrogens is 238 g/mol. The third kappa shape index (κ3) is 4.56. The third-order valence-corrected chi connectivity index (χ3v) is 4.16. The Bertz CT molecular complexity index is 366. The molecule has 1 aliphatic rings. The molecule has 1 aliphatic carbocycles. The van der Waals surface area contributed by atoms with Gasteiger partial charge in [0.15, 0.2) is 5.82 Å². The minimum atomic E-state index is 0.463. The van der Waals surface area contributed by atoms with Crippen molar-refractivity contribution in [1.82, 2.24) is 25.5 Å². The molecule has 1 fully saturated rings. The van der Waals surface area contributed by atoms with Crippen molar-refractivity contribution in [1.29, 1.82) is 0 Å². The second-order valence-corrected chi connectivity index (χ2v) is 6.27. The second kappa shape index (κ2) is 6.98. The highest BCUT2D eigenvalue weighted by Gasteiger charge is 2.18.